The third-order valence-corrected chi connectivity index (χ3v) is 7.23. The number of hydrogen-bond acceptors (Lipinski definition) is 6. The highest BCUT2D eigenvalue weighted by Gasteiger charge is 2.29. The van der Waals surface area contributed by atoms with Crippen LogP contribution >= 0.6 is 11.3 Å². The number of amides is 1. The van der Waals surface area contributed by atoms with Gasteiger partial charge in [-0.1, -0.05) is 12.1 Å². The van der Waals surface area contributed by atoms with Gasteiger partial charge in [0.25, 0.3) is 5.56 Å². The van der Waals surface area contributed by atoms with E-state index < -0.39 is 0 Å². The van der Waals surface area contributed by atoms with Crippen molar-refractivity contribution < 1.29 is 9.53 Å². The number of fused-ring (bicyclic) bond motifs is 1. The lowest BCUT2D eigenvalue weighted by Gasteiger charge is -2.34. The lowest BCUT2D eigenvalue weighted by Crippen LogP contribution is -2.43. The molecule has 0 aliphatic carbocycles. The fourth-order valence-corrected chi connectivity index (χ4v) is 5.52. The van der Waals surface area contributed by atoms with Crippen molar-refractivity contribution in [3.63, 3.8) is 0 Å². The van der Waals surface area contributed by atoms with E-state index in [1.165, 1.54) is 11.3 Å². The quantitative estimate of drug-likeness (QED) is 0.431. The highest BCUT2D eigenvalue weighted by atomic mass is 32.1. The molecule has 0 saturated carbocycles. The molecule has 2 aromatic carbocycles. The molecule has 0 bridgehead atoms. The van der Waals surface area contributed by atoms with E-state index in [9.17, 15) is 9.59 Å². The molecule has 1 amide bonds. The number of thiophene rings is 1. The van der Waals surface area contributed by atoms with Gasteiger partial charge in [-0.15, -0.1) is 11.3 Å². The number of benzene rings is 2. The number of hydrogen-bond donors (Lipinski definition) is 1. The molecule has 4 aromatic rings. The average molecular weight is 489 g/mol. The summed E-state index contributed by atoms with van der Waals surface area (Å²) in [6, 6.07) is 15.3. The maximum absolute atomic E-state index is 13.6. The smallest absolute Gasteiger partial charge is 0.277 e. The van der Waals surface area contributed by atoms with Gasteiger partial charge < -0.3 is 15.0 Å². The number of aryl methyl sites for hydroxylation is 2. The molecule has 5 rings (SSSR count). The van der Waals surface area contributed by atoms with Crippen molar-refractivity contribution in [3.8, 4) is 11.4 Å². The monoisotopic (exact) mass is 488 g/mol. The van der Waals surface area contributed by atoms with Crippen molar-refractivity contribution in [2.75, 3.05) is 30.4 Å². The summed E-state index contributed by atoms with van der Waals surface area (Å²) in [7, 11) is 1.60. The second kappa shape index (κ2) is 9.54. The van der Waals surface area contributed by atoms with Gasteiger partial charge in [0.15, 0.2) is 0 Å². The molecular weight excluding hydrogens is 460 g/mol. The van der Waals surface area contributed by atoms with Crippen molar-refractivity contribution in [1.29, 1.82) is 0 Å². The Morgan fingerprint density at radius 3 is 2.71 bits per heavy atom. The Morgan fingerprint density at radius 1 is 1.14 bits per heavy atom. The highest BCUT2D eigenvalue weighted by molar-refractivity contribution is 7.17. The van der Waals surface area contributed by atoms with Gasteiger partial charge in [0.2, 0.25) is 11.9 Å². The number of nitrogens with zero attached hydrogens (tertiary/aromatic N) is 3. The zero-order chi connectivity index (χ0) is 24.5. The van der Waals surface area contributed by atoms with Gasteiger partial charge in [-0.25, -0.2) is 9.55 Å². The van der Waals surface area contributed by atoms with E-state index in [1.807, 2.05) is 61.7 Å². The standard InChI is InChI=1S/C27H28N4O3S/c1-17-12-18(2)14-20(13-17)28-25(32)19-6-5-10-30(16-19)27-29-23-9-11-35-24(23)26(33)31(27)21-7-4-8-22(15-21)34-3/h4,7-9,11-15,19H,5-6,10,16H2,1-3H3,(H,28,32)/t19-/m0/s1. The summed E-state index contributed by atoms with van der Waals surface area (Å²) in [5, 5.41) is 4.98. The predicted octanol–water partition coefficient (Wildman–Crippen LogP) is 4.93. The van der Waals surface area contributed by atoms with Gasteiger partial charge in [-0.05, 0) is 73.5 Å². The summed E-state index contributed by atoms with van der Waals surface area (Å²) in [6.07, 6.45) is 1.62. The SMILES string of the molecule is COc1cccc(-n2c(N3CCC[C@H](C(=O)Nc4cc(C)cc(C)c4)C3)nc3ccsc3c2=O)c1. The highest BCUT2D eigenvalue weighted by Crippen LogP contribution is 2.28. The second-order valence-electron chi connectivity index (χ2n) is 9.04. The maximum atomic E-state index is 13.6. The molecule has 0 radical (unpaired) electrons. The van der Waals surface area contributed by atoms with E-state index in [2.05, 4.69) is 16.3 Å². The van der Waals surface area contributed by atoms with Gasteiger partial charge in [0, 0.05) is 24.8 Å². The van der Waals surface area contributed by atoms with Crippen LogP contribution in [0.15, 0.2) is 58.7 Å². The van der Waals surface area contributed by atoms with E-state index in [1.54, 1.807) is 11.7 Å². The average Bonchev–Trinajstić information content (AvgIpc) is 3.32. The minimum atomic E-state index is -0.210. The molecule has 1 saturated heterocycles. The summed E-state index contributed by atoms with van der Waals surface area (Å²) in [5.74, 6) is 0.999. The lowest BCUT2D eigenvalue weighted by atomic mass is 9.97. The number of aromatic nitrogens is 2. The second-order valence-corrected chi connectivity index (χ2v) is 9.96. The minimum Gasteiger partial charge on any atom is -0.497 e. The molecular formula is C27H28N4O3S. The molecule has 8 heteroatoms. The van der Waals surface area contributed by atoms with Crippen LogP contribution < -0.4 is 20.5 Å². The molecule has 180 valence electrons. The first-order chi connectivity index (χ1) is 16.9. The first-order valence-electron chi connectivity index (χ1n) is 11.7. The normalized spacial score (nSPS) is 15.9. The van der Waals surface area contributed by atoms with Crippen LogP contribution in [0.2, 0.25) is 0 Å². The Kier molecular flexibility index (Phi) is 6.30. The van der Waals surface area contributed by atoms with Crippen molar-refractivity contribution in [2.45, 2.75) is 26.7 Å². The fourth-order valence-electron chi connectivity index (χ4n) is 4.76. The Balaban J connectivity index is 1.49. The molecule has 1 aliphatic heterocycles. The molecule has 3 heterocycles. The van der Waals surface area contributed by atoms with Crippen LogP contribution in [0.1, 0.15) is 24.0 Å². The topological polar surface area (TPSA) is 76.5 Å². The van der Waals surface area contributed by atoms with Crippen LogP contribution in [0.25, 0.3) is 15.9 Å². The summed E-state index contributed by atoms with van der Waals surface area (Å²) < 4.78 is 7.65. The van der Waals surface area contributed by atoms with E-state index in [0.717, 1.165) is 36.2 Å². The van der Waals surface area contributed by atoms with Crippen LogP contribution in [-0.2, 0) is 4.79 Å². The van der Waals surface area contributed by atoms with Crippen LogP contribution in [0.5, 0.6) is 5.75 Å². The largest absolute Gasteiger partial charge is 0.497 e. The van der Waals surface area contributed by atoms with E-state index >= 15 is 0 Å². The summed E-state index contributed by atoms with van der Waals surface area (Å²) in [5.41, 5.74) is 4.29. The first-order valence-corrected chi connectivity index (χ1v) is 12.6. The number of ether oxygens (including phenoxy) is 1. The van der Waals surface area contributed by atoms with Gasteiger partial charge >= 0.3 is 0 Å². The molecule has 1 N–H and O–H groups in total. The number of carbonyl (C=O) groups is 1. The molecule has 1 atom stereocenters. The number of methoxy groups -OCH3 is 1. The zero-order valence-corrected chi connectivity index (χ0v) is 20.9. The van der Waals surface area contributed by atoms with Crippen LogP contribution in [0.4, 0.5) is 11.6 Å². The Hall–Kier alpha value is -3.65. The number of carbonyl (C=O) groups excluding carboxylic acids is 1. The Morgan fingerprint density at radius 2 is 1.94 bits per heavy atom. The molecule has 0 unspecified atom stereocenters. The number of nitrogens with one attached hydrogen (secondary N) is 1. The van der Waals surface area contributed by atoms with Crippen molar-refractivity contribution in [3.05, 3.63) is 75.4 Å². The van der Waals surface area contributed by atoms with Gasteiger partial charge in [0.1, 0.15) is 10.4 Å². The molecule has 7 nitrogen and oxygen atoms in total. The van der Waals surface area contributed by atoms with Crippen molar-refractivity contribution in [2.24, 2.45) is 5.92 Å². The number of rotatable bonds is 5. The van der Waals surface area contributed by atoms with E-state index in [-0.39, 0.29) is 17.4 Å². The Bertz CT molecular complexity index is 1440. The molecule has 1 aliphatic rings. The van der Waals surface area contributed by atoms with E-state index in [4.69, 9.17) is 9.72 Å². The third kappa shape index (κ3) is 4.66. The lowest BCUT2D eigenvalue weighted by molar-refractivity contribution is -0.120. The fraction of sp³-hybridized carbons (Fsp3) is 0.296. The van der Waals surface area contributed by atoms with Gasteiger partial charge in [0.05, 0.1) is 24.2 Å². The van der Waals surface area contributed by atoms with Crippen LogP contribution in [-0.4, -0.2) is 35.7 Å². The summed E-state index contributed by atoms with van der Waals surface area (Å²) in [6.45, 7) is 5.26. The van der Waals surface area contributed by atoms with Crippen molar-refractivity contribution in [1.82, 2.24) is 9.55 Å². The van der Waals surface area contributed by atoms with Gasteiger partial charge in [-0.2, -0.15) is 0 Å². The number of piperidine rings is 1. The molecule has 35 heavy (non-hydrogen) atoms. The van der Waals surface area contributed by atoms with E-state index in [0.29, 0.717) is 34.1 Å². The third-order valence-electron chi connectivity index (χ3n) is 6.34. The van der Waals surface area contributed by atoms with Crippen LogP contribution in [0, 0.1) is 19.8 Å². The molecule has 0 spiro atoms. The Labute approximate surface area is 208 Å². The van der Waals surface area contributed by atoms with Gasteiger partial charge in [-0.3, -0.25) is 9.59 Å². The summed E-state index contributed by atoms with van der Waals surface area (Å²) >= 11 is 1.39. The maximum Gasteiger partial charge on any atom is 0.277 e. The number of anilines is 2. The molecule has 1 fully saturated rings. The van der Waals surface area contributed by atoms with Crippen LogP contribution in [0.3, 0.4) is 0 Å². The van der Waals surface area contributed by atoms with Crippen molar-refractivity contribution >= 4 is 39.1 Å². The molecule has 2 aromatic heterocycles. The minimum absolute atomic E-state index is 0.00779. The first kappa shape index (κ1) is 23.1. The zero-order valence-electron chi connectivity index (χ0n) is 20.1. The summed E-state index contributed by atoms with van der Waals surface area (Å²) in [4.78, 5) is 33.7. The predicted molar refractivity (Wildman–Crippen MR) is 141 cm³/mol.